The minimum absolute atomic E-state index is 0.115. The van der Waals surface area contributed by atoms with E-state index < -0.39 is 0 Å². The van der Waals surface area contributed by atoms with Gasteiger partial charge in [-0.25, -0.2) is 0 Å². The van der Waals surface area contributed by atoms with Gasteiger partial charge in [0.2, 0.25) is 0 Å². The third-order valence-electron chi connectivity index (χ3n) is 6.44. The van der Waals surface area contributed by atoms with Crippen LogP contribution in [-0.4, -0.2) is 62.8 Å². The fraction of sp³-hybridized carbons (Fsp3) is 0.788. The van der Waals surface area contributed by atoms with E-state index in [1.54, 1.807) is 0 Å². The van der Waals surface area contributed by atoms with E-state index in [2.05, 4.69) is 43.1 Å². The van der Waals surface area contributed by atoms with Crippen molar-refractivity contribution in [2.75, 3.05) is 33.9 Å². The lowest BCUT2D eigenvalue weighted by atomic mass is 10.0. The number of hydrogen-bond acceptors (Lipinski definition) is 7. The Morgan fingerprint density at radius 2 is 1.05 bits per heavy atom. The highest BCUT2D eigenvalue weighted by atomic mass is 16.5. The van der Waals surface area contributed by atoms with E-state index in [9.17, 15) is 14.4 Å². The molecule has 0 aliphatic rings. The molecule has 0 aliphatic heterocycles. The zero-order valence-electron chi connectivity index (χ0n) is 26.1. The van der Waals surface area contributed by atoms with Gasteiger partial charge in [-0.05, 0) is 91.3 Å². The number of carbonyl (C=O) groups is 3. The van der Waals surface area contributed by atoms with Crippen molar-refractivity contribution >= 4 is 17.9 Å². The molecule has 0 aromatic carbocycles. The molecular formula is C33H59NO6. The fourth-order valence-corrected chi connectivity index (χ4v) is 4.11. The van der Waals surface area contributed by atoms with Crippen LogP contribution in [0.5, 0.6) is 0 Å². The Bertz CT molecular complexity index is 644. The van der Waals surface area contributed by atoms with Crippen LogP contribution in [0.1, 0.15) is 129 Å². The Morgan fingerprint density at radius 1 is 0.600 bits per heavy atom. The van der Waals surface area contributed by atoms with Crippen molar-refractivity contribution in [1.82, 2.24) is 4.90 Å². The smallest absolute Gasteiger partial charge is 0.306 e. The van der Waals surface area contributed by atoms with Crippen LogP contribution in [0, 0.1) is 0 Å². The highest BCUT2D eigenvalue weighted by Crippen LogP contribution is 2.17. The van der Waals surface area contributed by atoms with Gasteiger partial charge in [0.1, 0.15) is 6.10 Å². The molecule has 0 spiro atoms. The number of ether oxygens (including phenoxy) is 3. The normalized spacial score (nSPS) is 11.7. The molecule has 0 amide bonds. The molecule has 0 aromatic heterocycles. The van der Waals surface area contributed by atoms with Crippen LogP contribution >= 0.6 is 0 Å². The quantitative estimate of drug-likeness (QED) is 0.0436. The van der Waals surface area contributed by atoms with Gasteiger partial charge in [0.25, 0.3) is 0 Å². The summed E-state index contributed by atoms with van der Waals surface area (Å²) in [7, 11) is 3.99. The third kappa shape index (κ3) is 27.4. The van der Waals surface area contributed by atoms with Crippen molar-refractivity contribution in [3.8, 4) is 0 Å². The molecule has 0 saturated heterocycles. The van der Waals surface area contributed by atoms with Crippen molar-refractivity contribution in [2.45, 2.75) is 136 Å². The van der Waals surface area contributed by atoms with Gasteiger partial charge < -0.3 is 19.1 Å². The monoisotopic (exact) mass is 565 g/mol. The van der Waals surface area contributed by atoms with Crippen LogP contribution in [-0.2, 0) is 28.6 Å². The first kappa shape index (κ1) is 37.9. The van der Waals surface area contributed by atoms with Gasteiger partial charge >= 0.3 is 17.9 Å². The number of allylic oxidation sites excluding steroid dienone is 2. The lowest BCUT2D eigenvalue weighted by molar-refractivity contribution is -0.150. The predicted molar refractivity (Wildman–Crippen MR) is 163 cm³/mol. The van der Waals surface area contributed by atoms with Crippen LogP contribution in [0.15, 0.2) is 24.3 Å². The second-order valence-corrected chi connectivity index (χ2v) is 10.8. The summed E-state index contributed by atoms with van der Waals surface area (Å²) in [5, 5.41) is 0. The first-order valence-corrected chi connectivity index (χ1v) is 15.8. The highest BCUT2D eigenvalue weighted by molar-refractivity contribution is 5.70. The minimum Gasteiger partial charge on any atom is -0.465 e. The first-order valence-electron chi connectivity index (χ1n) is 15.8. The molecule has 0 unspecified atom stereocenters. The molecular weight excluding hydrogens is 506 g/mol. The standard InChI is InChI=1S/C33H59NO6/c1-5-7-9-11-19-28-38-31(35)24-17-13-15-22-30(40-33(37)26-21-27-34(3)4)23-16-14-18-25-32(36)39-29-20-12-10-8-6-2/h9-12,30H,5-8,13-29H2,1-4H3/b11-9-,12-10-. The Hall–Kier alpha value is -2.15. The van der Waals surface area contributed by atoms with Gasteiger partial charge in [-0.3, -0.25) is 14.4 Å². The maximum absolute atomic E-state index is 12.4. The maximum atomic E-state index is 12.4. The summed E-state index contributed by atoms with van der Waals surface area (Å²) in [5.74, 6) is -0.418. The number of rotatable bonds is 27. The highest BCUT2D eigenvalue weighted by Gasteiger charge is 2.15. The second kappa shape index (κ2) is 28.4. The average molecular weight is 566 g/mol. The predicted octanol–water partition coefficient (Wildman–Crippen LogP) is 7.72. The second-order valence-electron chi connectivity index (χ2n) is 10.8. The number of nitrogens with zero attached hydrogens (tertiary/aromatic N) is 1. The summed E-state index contributed by atoms with van der Waals surface area (Å²) in [6.07, 6.45) is 23.0. The number of esters is 3. The first-order chi connectivity index (χ1) is 19.4. The fourth-order valence-electron chi connectivity index (χ4n) is 4.11. The largest absolute Gasteiger partial charge is 0.465 e. The molecule has 0 saturated carbocycles. The lowest BCUT2D eigenvalue weighted by Crippen LogP contribution is -2.20. The molecule has 0 bridgehead atoms. The van der Waals surface area contributed by atoms with E-state index in [1.807, 2.05) is 14.1 Å². The van der Waals surface area contributed by atoms with E-state index in [-0.39, 0.29) is 24.0 Å². The van der Waals surface area contributed by atoms with Gasteiger partial charge in [0.05, 0.1) is 13.2 Å². The van der Waals surface area contributed by atoms with Crippen LogP contribution in [0.2, 0.25) is 0 Å². The summed E-state index contributed by atoms with van der Waals surface area (Å²) < 4.78 is 16.4. The topological polar surface area (TPSA) is 82.1 Å². The van der Waals surface area contributed by atoms with Gasteiger partial charge in [-0.2, -0.15) is 0 Å². The van der Waals surface area contributed by atoms with Crippen molar-refractivity contribution < 1.29 is 28.6 Å². The Labute approximate surface area is 245 Å². The number of hydrogen-bond donors (Lipinski definition) is 0. The van der Waals surface area contributed by atoms with Gasteiger partial charge in [-0.15, -0.1) is 0 Å². The summed E-state index contributed by atoms with van der Waals surface area (Å²) >= 11 is 0. The molecule has 0 aliphatic carbocycles. The molecule has 0 radical (unpaired) electrons. The zero-order chi connectivity index (χ0) is 29.7. The molecule has 7 nitrogen and oxygen atoms in total. The molecule has 0 rings (SSSR count). The van der Waals surface area contributed by atoms with E-state index in [0.717, 1.165) is 103 Å². The molecule has 0 fully saturated rings. The van der Waals surface area contributed by atoms with E-state index in [1.165, 1.54) is 0 Å². The van der Waals surface area contributed by atoms with E-state index >= 15 is 0 Å². The van der Waals surface area contributed by atoms with Crippen molar-refractivity contribution in [1.29, 1.82) is 0 Å². The molecule has 40 heavy (non-hydrogen) atoms. The molecule has 0 atom stereocenters. The molecule has 0 heterocycles. The average Bonchev–Trinajstić information content (AvgIpc) is 2.91. The van der Waals surface area contributed by atoms with Crippen LogP contribution < -0.4 is 0 Å². The molecule has 0 aromatic rings. The summed E-state index contributed by atoms with van der Waals surface area (Å²) in [6, 6.07) is 0. The SMILES string of the molecule is CCC/C=C\CCOC(=O)CCCCCC(CCCCCC(=O)OCC/C=C\CCC)OC(=O)CCCN(C)C. The Morgan fingerprint density at radius 3 is 1.50 bits per heavy atom. The molecule has 7 heteroatoms. The van der Waals surface area contributed by atoms with Crippen LogP contribution in [0.4, 0.5) is 0 Å². The Kier molecular flexibility index (Phi) is 26.9. The van der Waals surface area contributed by atoms with E-state index in [0.29, 0.717) is 32.5 Å². The summed E-state index contributed by atoms with van der Waals surface area (Å²) in [6.45, 7) is 6.02. The van der Waals surface area contributed by atoms with Gasteiger partial charge in [0.15, 0.2) is 0 Å². The Balaban J connectivity index is 4.24. The third-order valence-corrected chi connectivity index (χ3v) is 6.44. The summed E-state index contributed by atoms with van der Waals surface area (Å²) in [4.78, 5) is 38.3. The van der Waals surface area contributed by atoms with Gasteiger partial charge in [0, 0.05) is 19.3 Å². The van der Waals surface area contributed by atoms with Crippen molar-refractivity contribution in [2.24, 2.45) is 0 Å². The lowest BCUT2D eigenvalue weighted by Gasteiger charge is -2.18. The summed E-state index contributed by atoms with van der Waals surface area (Å²) in [5.41, 5.74) is 0. The van der Waals surface area contributed by atoms with Crippen molar-refractivity contribution in [3.63, 3.8) is 0 Å². The molecule has 232 valence electrons. The zero-order valence-corrected chi connectivity index (χ0v) is 26.1. The van der Waals surface area contributed by atoms with Crippen LogP contribution in [0.3, 0.4) is 0 Å². The number of carbonyl (C=O) groups excluding carboxylic acids is 3. The minimum atomic E-state index is -0.140. The maximum Gasteiger partial charge on any atom is 0.306 e. The molecule has 0 N–H and O–H groups in total. The van der Waals surface area contributed by atoms with Crippen molar-refractivity contribution in [3.05, 3.63) is 24.3 Å². The van der Waals surface area contributed by atoms with Crippen LogP contribution in [0.25, 0.3) is 0 Å². The number of unbranched alkanes of at least 4 members (excludes halogenated alkanes) is 6. The van der Waals surface area contributed by atoms with E-state index in [4.69, 9.17) is 14.2 Å². The van der Waals surface area contributed by atoms with Gasteiger partial charge in [-0.1, -0.05) is 63.8 Å².